The topological polar surface area (TPSA) is 29.1 Å². The van der Waals surface area contributed by atoms with Crippen molar-refractivity contribution in [3.05, 3.63) is 63.2 Å². The van der Waals surface area contributed by atoms with E-state index in [0.29, 0.717) is 5.02 Å². The van der Waals surface area contributed by atoms with Gasteiger partial charge in [0.05, 0.1) is 0 Å². The zero-order chi connectivity index (χ0) is 14.9. The first kappa shape index (κ1) is 14.6. The van der Waals surface area contributed by atoms with Gasteiger partial charge in [0.25, 0.3) is 5.91 Å². The van der Waals surface area contributed by atoms with Crippen LogP contribution in [0.25, 0.3) is 0 Å². The molecule has 20 heavy (non-hydrogen) atoms. The monoisotopic (exact) mass is 287 g/mol. The standard InChI is InChI=1S/C17H18ClNO/c1-10-8-11(2)16(12(3)9-10)17(20)19-15-7-5-6-14(18)13(15)4/h5-9H,1-4H3,(H,19,20). The van der Waals surface area contributed by atoms with Crippen LogP contribution in [0.15, 0.2) is 30.3 Å². The molecule has 2 nitrogen and oxygen atoms in total. The smallest absolute Gasteiger partial charge is 0.256 e. The summed E-state index contributed by atoms with van der Waals surface area (Å²) in [5, 5.41) is 3.60. The summed E-state index contributed by atoms with van der Waals surface area (Å²) in [6.45, 7) is 7.84. The lowest BCUT2D eigenvalue weighted by molar-refractivity contribution is 0.102. The van der Waals surface area contributed by atoms with Crippen molar-refractivity contribution in [2.24, 2.45) is 0 Å². The van der Waals surface area contributed by atoms with E-state index in [0.717, 1.165) is 33.5 Å². The van der Waals surface area contributed by atoms with Crippen LogP contribution in [0.4, 0.5) is 5.69 Å². The molecular formula is C17H18ClNO. The Kier molecular flexibility index (Phi) is 4.15. The molecule has 0 heterocycles. The van der Waals surface area contributed by atoms with Gasteiger partial charge in [0.1, 0.15) is 0 Å². The molecule has 1 amide bonds. The number of hydrogen-bond acceptors (Lipinski definition) is 1. The lowest BCUT2D eigenvalue weighted by Crippen LogP contribution is -2.16. The van der Waals surface area contributed by atoms with Crippen molar-refractivity contribution in [2.45, 2.75) is 27.7 Å². The second-order valence-corrected chi connectivity index (χ2v) is 5.55. The fraction of sp³-hybridized carbons (Fsp3) is 0.235. The van der Waals surface area contributed by atoms with Gasteiger partial charge in [-0.15, -0.1) is 0 Å². The molecule has 0 atom stereocenters. The van der Waals surface area contributed by atoms with Gasteiger partial charge in [-0.2, -0.15) is 0 Å². The number of carbonyl (C=O) groups excluding carboxylic acids is 1. The van der Waals surface area contributed by atoms with Crippen LogP contribution >= 0.6 is 11.6 Å². The molecule has 0 spiro atoms. The van der Waals surface area contributed by atoms with Crippen molar-refractivity contribution in [1.82, 2.24) is 0 Å². The highest BCUT2D eigenvalue weighted by Crippen LogP contribution is 2.24. The Bertz CT molecular complexity index is 654. The molecule has 104 valence electrons. The van der Waals surface area contributed by atoms with Crippen LogP contribution in [-0.2, 0) is 0 Å². The Morgan fingerprint density at radius 3 is 2.25 bits per heavy atom. The average Bonchev–Trinajstić information content (AvgIpc) is 2.33. The quantitative estimate of drug-likeness (QED) is 0.842. The summed E-state index contributed by atoms with van der Waals surface area (Å²) in [6, 6.07) is 9.55. The molecule has 0 saturated carbocycles. The van der Waals surface area contributed by atoms with Crippen molar-refractivity contribution in [3.63, 3.8) is 0 Å². The van der Waals surface area contributed by atoms with Gasteiger partial charge in [0.2, 0.25) is 0 Å². The molecule has 0 aliphatic heterocycles. The fourth-order valence-electron chi connectivity index (χ4n) is 2.47. The summed E-state index contributed by atoms with van der Waals surface area (Å²) in [5.41, 5.74) is 5.50. The van der Waals surface area contributed by atoms with Crippen LogP contribution in [0.2, 0.25) is 5.02 Å². The Labute approximate surface area is 124 Å². The first-order valence-electron chi connectivity index (χ1n) is 6.54. The van der Waals surface area contributed by atoms with Gasteiger partial charge in [0, 0.05) is 16.3 Å². The lowest BCUT2D eigenvalue weighted by atomic mass is 9.99. The summed E-state index contributed by atoms with van der Waals surface area (Å²) in [7, 11) is 0. The van der Waals surface area contributed by atoms with Crippen LogP contribution in [0.3, 0.4) is 0 Å². The van der Waals surface area contributed by atoms with Crippen molar-refractivity contribution in [2.75, 3.05) is 5.32 Å². The first-order chi connectivity index (χ1) is 9.40. The number of amides is 1. The number of rotatable bonds is 2. The van der Waals surface area contributed by atoms with Crippen LogP contribution in [0.5, 0.6) is 0 Å². The average molecular weight is 288 g/mol. The number of hydrogen-bond donors (Lipinski definition) is 1. The zero-order valence-electron chi connectivity index (χ0n) is 12.2. The van der Waals surface area contributed by atoms with Crippen molar-refractivity contribution < 1.29 is 4.79 Å². The van der Waals surface area contributed by atoms with Gasteiger partial charge in [-0.3, -0.25) is 4.79 Å². The summed E-state index contributed by atoms with van der Waals surface area (Å²) in [5.74, 6) is -0.0923. The third-order valence-electron chi connectivity index (χ3n) is 3.42. The summed E-state index contributed by atoms with van der Waals surface area (Å²) >= 11 is 6.08. The summed E-state index contributed by atoms with van der Waals surface area (Å²) in [4.78, 5) is 12.5. The summed E-state index contributed by atoms with van der Waals surface area (Å²) < 4.78 is 0. The van der Waals surface area contributed by atoms with E-state index in [9.17, 15) is 4.79 Å². The van der Waals surface area contributed by atoms with Crippen LogP contribution < -0.4 is 5.32 Å². The van der Waals surface area contributed by atoms with Gasteiger partial charge in [-0.05, 0) is 56.5 Å². The Balaban J connectivity index is 2.36. The lowest BCUT2D eigenvalue weighted by Gasteiger charge is -2.13. The predicted octanol–water partition coefficient (Wildman–Crippen LogP) is 4.83. The maximum Gasteiger partial charge on any atom is 0.256 e. The van der Waals surface area contributed by atoms with Crippen LogP contribution in [0.1, 0.15) is 32.6 Å². The minimum absolute atomic E-state index is 0.0923. The van der Waals surface area contributed by atoms with Gasteiger partial charge in [-0.1, -0.05) is 35.4 Å². The van der Waals surface area contributed by atoms with Crippen molar-refractivity contribution in [3.8, 4) is 0 Å². The van der Waals surface area contributed by atoms with E-state index in [-0.39, 0.29) is 5.91 Å². The van der Waals surface area contributed by atoms with E-state index in [2.05, 4.69) is 5.32 Å². The van der Waals surface area contributed by atoms with Crippen molar-refractivity contribution in [1.29, 1.82) is 0 Å². The molecule has 0 unspecified atom stereocenters. The Morgan fingerprint density at radius 1 is 1.05 bits per heavy atom. The highest BCUT2D eigenvalue weighted by Gasteiger charge is 2.14. The number of anilines is 1. The normalized spacial score (nSPS) is 10.4. The van der Waals surface area contributed by atoms with Gasteiger partial charge in [-0.25, -0.2) is 0 Å². The highest BCUT2D eigenvalue weighted by molar-refractivity contribution is 6.31. The maximum absolute atomic E-state index is 12.5. The van der Waals surface area contributed by atoms with Gasteiger partial charge < -0.3 is 5.32 Å². The second-order valence-electron chi connectivity index (χ2n) is 5.14. The molecule has 1 N–H and O–H groups in total. The molecule has 2 aromatic rings. The summed E-state index contributed by atoms with van der Waals surface area (Å²) in [6.07, 6.45) is 0. The van der Waals surface area contributed by atoms with Gasteiger partial charge in [0.15, 0.2) is 0 Å². The molecule has 0 aliphatic rings. The molecule has 2 aromatic carbocycles. The van der Waals surface area contributed by atoms with Crippen LogP contribution in [0, 0.1) is 27.7 Å². The van der Waals surface area contributed by atoms with E-state index in [1.807, 2.05) is 58.0 Å². The highest BCUT2D eigenvalue weighted by atomic mass is 35.5. The maximum atomic E-state index is 12.5. The minimum Gasteiger partial charge on any atom is -0.322 e. The molecule has 3 heteroatoms. The first-order valence-corrected chi connectivity index (χ1v) is 6.92. The number of halogens is 1. The minimum atomic E-state index is -0.0923. The molecule has 0 saturated heterocycles. The molecule has 0 bridgehead atoms. The Hall–Kier alpha value is -1.80. The molecule has 0 radical (unpaired) electrons. The van der Waals surface area contributed by atoms with Gasteiger partial charge >= 0.3 is 0 Å². The largest absolute Gasteiger partial charge is 0.322 e. The van der Waals surface area contributed by atoms with E-state index in [1.165, 1.54) is 0 Å². The van der Waals surface area contributed by atoms with E-state index in [4.69, 9.17) is 11.6 Å². The molecule has 2 rings (SSSR count). The number of nitrogens with one attached hydrogen (secondary N) is 1. The molecule has 0 fully saturated rings. The third kappa shape index (κ3) is 2.86. The van der Waals surface area contributed by atoms with Crippen molar-refractivity contribution >= 4 is 23.2 Å². The zero-order valence-corrected chi connectivity index (χ0v) is 12.9. The SMILES string of the molecule is Cc1cc(C)c(C(=O)Nc2cccc(Cl)c2C)c(C)c1. The Morgan fingerprint density at radius 2 is 1.65 bits per heavy atom. The van der Waals surface area contributed by atoms with Crippen LogP contribution in [-0.4, -0.2) is 5.91 Å². The fourth-order valence-corrected chi connectivity index (χ4v) is 2.64. The number of carbonyl (C=O) groups is 1. The van der Waals surface area contributed by atoms with E-state index < -0.39 is 0 Å². The number of benzene rings is 2. The molecule has 0 aliphatic carbocycles. The number of aryl methyl sites for hydroxylation is 3. The van der Waals surface area contributed by atoms with E-state index in [1.54, 1.807) is 0 Å². The molecule has 0 aromatic heterocycles. The van der Waals surface area contributed by atoms with E-state index >= 15 is 0 Å². The predicted molar refractivity (Wildman–Crippen MR) is 84.8 cm³/mol. The molecular weight excluding hydrogens is 270 g/mol. The third-order valence-corrected chi connectivity index (χ3v) is 3.83. The second kappa shape index (κ2) is 5.68.